The Balaban J connectivity index is 0.000000703. The molecule has 164 valence electrons. The molecule has 1 unspecified atom stereocenters. The minimum absolute atomic E-state index is 0.0833. The first-order chi connectivity index (χ1) is 14.3. The minimum atomic E-state index is -0.263. The van der Waals surface area contributed by atoms with Crippen molar-refractivity contribution in [2.45, 2.75) is 48.0 Å². The highest BCUT2D eigenvalue weighted by Gasteiger charge is 2.19. The van der Waals surface area contributed by atoms with E-state index in [-0.39, 0.29) is 11.8 Å². The summed E-state index contributed by atoms with van der Waals surface area (Å²) in [5.41, 5.74) is 5.05. The molecule has 2 N–H and O–H groups in total. The molecule has 1 atom stereocenters. The Morgan fingerprint density at radius 2 is 1.87 bits per heavy atom. The smallest absolute Gasteiger partial charge is 0.267 e. The Labute approximate surface area is 184 Å². The van der Waals surface area contributed by atoms with E-state index in [1.165, 1.54) is 18.1 Å². The van der Waals surface area contributed by atoms with Crippen LogP contribution in [0, 0.1) is 5.92 Å². The molecule has 0 aromatic carbocycles. The van der Waals surface area contributed by atoms with Crippen molar-refractivity contribution in [1.29, 1.82) is 0 Å². The van der Waals surface area contributed by atoms with E-state index in [0.717, 1.165) is 10.7 Å². The largest absolute Gasteiger partial charge is 0.463 e. The van der Waals surface area contributed by atoms with Crippen LogP contribution >= 0.6 is 11.6 Å². The number of nitrogens with one attached hydrogen (secondary N) is 2. The number of hydrazone groups is 1. The molecule has 0 saturated carbocycles. The Bertz CT molecular complexity index is 782. The van der Waals surface area contributed by atoms with E-state index >= 15 is 0 Å². The van der Waals surface area contributed by atoms with E-state index in [0.29, 0.717) is 24.2 Å². The number of carbonyl (C=O) groups excluding carboxylic acids is 2. The average molecular weight is 434 g/mol. The molecule has 0 bridgehead atoms. The quantitative estimate of drug-likeness (QED) is 0.280. The SMILES string of the molecule is C/C=C\C.CC(C)=C(C)Cl.CC1CC(C(=O)N/N=C/c2ccco2)=CC=C1NC=O. The first-order valence-corrected chi connectivity index (χ1v) is 9.99. The molecule has 0 spiro atoms. The number of nitrogens with zero attached hydrogens (tertiary/aromatic N) is 1. The Kier molecular flexibility index (Phi) is 14.5. The monoisotopic (exact) mass is 433 g/mol. The van der Waals surface area contributed by atoms with Gasteiger partial charge in [0.15, 0.2) is 0 Å². The number of allylic oxidation sites excluding steroid dienone is 7. The van der Waals surface area contributed by atoms with Gasteiger partial charge in [-0.2, -0.15) is 5.10 Å². The molecule has 30 heavy (non-hydrogen) atoms. The van der Waals surface area contributed by atoms with Gasteiger partial charge in [-0.3, -0.25) is 9.59 Å². The van der Waals surface area contributed by atoms with Gasteiger partial charge in [-0.15, -0.1) is 0 Å². The van der Waals surface area contributed by atoms with Crippen molar-refractivity contribution in [1.82, 2.24) is 10.7 Å². The second-order valence-electron chi connectivity index (χ2n) is 6.60. The van der Waals surface area contributed by atoms with Gasteiger partial charge in [-0.25, -0.2) is 5.43 Å². The molecular formula is C23H32ClN3O3. The van der Waals surface area contributed by atoms with E-state index in [1.807, 2.05) is 53.7 Å². The lowest BCUT2D eigenvalue weighted by Crippen LogP contribution is -2.25. The summed E-state index contributed by atoms with van der Waals surface area (Å²) < 4.78 is 5.05. The molecule has 6 nitrogen and oxygen atoms in total. The Morgan fingerprint density at radius 3 is 2.30 bits per heavy atom. The van der Waals surface area contributed by atoms with Crippen LogP contribution in [0.25, 0.3) is 0 Å². The maximum Gasteiger partial charge on any atom is 0.267 e. The van der Waals surface area contributed by atoms with Gasteiger partial charge in [0.05, 0.1) is 12.5 Å². The summed E-state index contributed by atoms with van der Waals surface area (Å²) in [6.45, 7) is 11.8. The molecule has 2 amide bonds. The van der Waals surface area contributed by atoms with Gasteiger partial charge in [-0.05, 0) is 59.2 Å². The van der Waals surface area contributed by atoms with Crippen molar-refractivity contribution in [2.24, 2.45) is 11.0 Å². The molecule has 0 fully saturated rings. The van der Waals surface area contributed by atoms with Gasteiger partial charge in [-0.1, -0.05) is 42.3 Å². The molecule has 1 heterocycles. The highest BCUT2D eigenvalue weighted by molar-refractivity contribution is 6.29. The minimum Gasteiger partial charge on any atom is -0.463 e. The normalized spacial score (nSPS) is 15.1. The van der Waals surface area contributed by atoms with Crippen LogP contribution in [-0.2, 0) is 9.59 Å². The summed E-state index contributed by atoms with van der Waals surface area (Å²) in [6, 6.07) is 3.47. The second kappa shape index (κ2) is 16.0. The molecule has 1 aromatic heterocycles. The summed E-state index contributed by atoms with van der Waals surface area (Å²) >= 11 is 5.49. The first kappa shape index (κ1) is 27.1. The maximum absolute atomic E-state index is 11.9. The van der Waals surface area contributed by atoms with Crippen LogP contribution in [0.15, 0.2) is 74.1 Å². The van der Waals surface area contributed by atoms with E-state index in [2.05, 4.69) is 15.8 Å². The highest BCUT2D eigenvalue weighted by Crippen LogP contribution is 2.22. The van der Waals surface area contributed by atoms with Gasteiger partial charge in [0.2, 0.25) is 6.41 Å². The highest BCUT2D eigenvalue weighted by atomic mass is 35.5. The predicted octanol–water partition coefficient (Wildman–Crippen LogP) is 5.45. The third-order valence-electron chi connectivity index (χ3n) is 3.96. The zero-order valence-electron chi connectivity index (χ0n) is 18.5. The second-order valence-corrected chi connectivity index (χ2v) is 7.16. The topological polar surface area (TPSA) is 83.7 Å². The fourth-order valence-electron chi connectivity index (χ4n) is 1.88. The lowest BCUT2D eigenvalue weighted by molar-refractivity contribution is -0.117. The molecule has 1 aromatic rings. The molecule has 0 radical (unpaired) electrons. The fraction of sp³-hybridized carbons (Fsp3) is 0.348. The van der Waals surface area contributed by atoms with Crippen molar-refractivity contribution in [3.05, 3.63) is 70.3 Å². The van der Waals surface area contributed by atoms with Crippen LogP contribution in [0.3, 0.4) is 0 Å². The van der Waals surface area contributed by atoms with Gasteiger partial charge in [0, 0.05) is 22.2 Å². The van der Waals surface area contributed by atoms with Crippen LogP contribution in [0.2, 0.25) is 0 Å². The summed E-state index contributed by atoms with van der Waals surface area (Å²) in [5.74, 6) is 0.384. The van der Waals surface area contributed by atoms with Gasteiger partial charge < -0.3 is 9.73 Å². The Hall–Kier alpha value is -2.86. The van der Waals surface area contributed by atoms with Gasteiger partial charge in [0.1, 0.15) is 5.76 Å². The van der Waals surface area contributed by atoms with E-state index in [1.54, 1.807) is 24.3 Å². The molecule has 1 aliphatic carbocycles. The summed E-state index contributed by atoms with van der Waals surface area (Å²) in [7, 11) is 0. The first-order valence-electron chi connectivity index (χ1n) is 9.61. The number of hydrogen-bond donors (Lipinski definition) is 2. The molecule has 2 rings (SSSR count). The van der Waals surface area contributed by atoms with Gasteiger partial charge >= 0.3 is 0 Å². The summed E-state index contributed by atoms with van der Waals surface area (Å²) in [4.78, 5) is 22.3. The Morgan fingerprint density at radius 1 is 1.23 bits per heavy atom. The zero-order valence-corrected chi connectivity index (χ0v) is 19.3. The molecule has 1 aliphatic rings. The van der Waals surface area contributed by atoms with Crippen LogP contribution < -0.4 is 10.7 Å². The van der Waals surface area contributed by atoms with Crippen LogP contribution in [0.5, 0.6) is 0 Å². The van der Waals surface area contributed by atoms with Crippen molar-refractivity contribution in [2.75, 3.05) is 0 Å². The number of furan rings is 1. The summed E-state index contributed by atoms with van der Waals surface area (Å²) in [6.07, 6.45) is 11.6. The zero-order chi connectivity index (χ0) is 22.9. The maximum atomic E-state index is 11.9. The van der Waals surface area contributed by atoms with Crippen LogP contribution in [-0.4, -0.2) is 18.5 Å². The lowest BCUT2D eigenvalue weighted by Gasteiger charge is -2.19. The van der Waals surface area contributed by atoms with Crippen LogP contribution in [0.1, 0.15) is 53.7 Å². The molecule has 0 saturated heterocycles. The van der Waals surface area contributed by atoms with E-state index < -0.39 is 0 Å². The fourth-order valence-corrected chi connectivity index (χ4v) is 1.88. The van der Waals surface area contributed by atoms with Crippen molar-refractivity contribution in [3.63, 3.8) is 0 Å². The third kappa shape index (κ3) is 11.9. The van der Waals surface area contributed by atoms with E-state index in [9.17, 15) is 9.59 Å². The number of amides is 2. The molecule has 7 heteroatoms. The van der Waals surface area contributed by atoms with Crippen molar-refractivity contribution in [3.8, 4) is 0 Å². The number of carbonyl (C=O) groups is 2. The van der Waals surface area contributed by atoms with Crippen molar-refractivity contribution >= 4 is 30.1 Å². The third-order valence-corrected chi connectivity index (χ3v) is 4.34. The van der Waals surface area contributed by atoms with Gasteiger partial charge in [0.25, 0.3) is 5.91 Å². The van der Waals surface area contributed by atoms with E-state index in [4.69, 9.17) is 16.0 Å². The number of halogens is 1. The molecular weight excluding hydrogens is 402 g/mol. The molecule has 0 aliphatic heterocycles. The average Bonchev–Trinajstić information content (AvgIpc) is 3.23. The summed E-state index contributed by atoms with van der Waals surface area (Å²) in [5, 5.41) is 7.33. The number of hydrogen-bond acceptors (Lipinski definition) is 4. The lowest BCUT2D eigenvalue weighted by atomic mass is 9.92. The number of rotatable bonds is 5. The van der Waals surface area contributed by atoms with Crippen LogP contribution in [0.4, 0.5) is 0 Å². The predicted molar refractivity (Wildman–Crippen MR) is 124 cm³/mol. The van der Waals surface area contributed by atoms with Crippen molar-refractivity contribution < 1.29 is 14.0 Å². The standard InChI is InChI=1S/C14H15N3O3.C5H9Cl.C4H8/c1-10-7-11(4-5-13(10)15-9-18)14(19)17-16-8-12-3-2-6-20-12;1-4(2)5(3)6;1-3-4-2/h2-6,8-10H,7H2,1H3,(H,15,18)(H,17,19);1-3H3;3-4H,1-2H3/b16-8+;;4-3-.